The monoisotopic (exact) mass is 306 g/mol. The molecule has 7 heteroatoms. The predicted octanol–water partition coefficient (Wildman–Crippen LogP) is -1.60. The van der Waals surface area contributed by atoms with Crippen LogP contribution in [0.25, 0.3) is 0 Å². The molecule has 0 spiro atoms. The topological polar surface area (TPSA) is 92.1 Å². The first-order valence-corrected chi connectivity index (χ1v) is 7.36. The number of carboxylic acids is 1. The van der Waals surface area contributed by atoms with Crippen molar-refractivity contribution in [2.45, 2.75) is 12.8 Å². The Morgan fingerprint density at radius 3 is 2.68 bits per heavy atom. The standard InChI is InChI=1S/C15H18N2O5/c18-14(8-17-5-3-10(4-6-17)15(19)20)16-11-1-2-12-13(7-11)22-9-21-12/h1-2,7,10H,3-6,8-9H2,(H,16,18)(H,19,20). The molecule has 0 bridgehead atoms. The highest BCUT2D eigenvalue weighted by Gasteiger charge is 2.24. The van der Waals surface area contributed by atoms with Gasteiger partial charge in [0.15, 0.2) is 18.0 Å². The van der Waals surface area contributed by atoms with Gasteiger partial charge in [-0.05, 0) is 12.1 Å². The van der Waals surface area contributed by atoms with Crippen molar-refractivity contribution in [2.75, 3.05) is 31.7 Å². The summed E-state index contributed by atoms with van der Waals surface area (Å²) in [4.78, 5) is 24.0. The number of quaternary nitrogens is 1. The molecule has 118 valence electrons. The van der Waals surface area contributed by atoms with E-state index < -0.39 is 5.97 Å². The van der Waals surface area contributed by atoms with Crippen molar-refractivity contribution in [3.63, 3.8) is 0 Å². The highest BCUT2D eigenvalue weighted by molar-refractivity contribution is 5.91. The Bertz CT molecular complexity index is 581. The summed E-state index contributed by atoms with van der Waals surface area (Å²) in [6, 6.07) is 5.26. The minimum absolute atomic E-state index is 0.0965. The Labute approximate surface area is 127 Å². The first-order chi connectivity index (χ1) is 10.6. The second kappa shape index (κ2) is 6.23. The van der Waals surface area contributed by atoms with E-state index in [0.29, 0.717) is 49.7 Å². The van der Waals surface area contributed by atoms with Crippen molar-refractivity contribution < 1.29 is 29.1 Å². The second-order valence-electron chi connectivity index (χ2n) is 5.64. The number of amides is 1. The van der Waals surface area contributed by atoms with Gasteiger partial charge in [0.2, 0.25) is 6.79 Å². The van der Waals surface area contributed by atoms with E-state index in [1.807, 2.05) is 0 Å². The van der Waals surface area contributed by atoms with Gasteiger partial charge in [0.05, 0.1) is 13.1 Å². The molecule has 3 rings (SSSR count). The van der Waals surface area contributed by atoms with Gasteiger partial charge in [-0.1, -0.05) is 0 Å². The molecule has 0 atom stereocenters. The van der Waals surface area contributed by atoms with Gasteiger partial charge in [-0.3, -0.25) is 4.79 Å². The highest BCUT2D eigenvalue weighted by atomic mass is 16.7. The zero-order chi connectivity index (χ0) is 15.5. The minimum Gasteiger partial charge on any atom is -0.550 e. The van der Waals surface area contributed by atoms with Crippen molar-refractivity contribution in [1.82, 2.24) is 0 Å². The van der Waals surface area contributed by atoms with Gasteiger partial charge >= 0.3 is 0 Å². The van der Waals surface area contributed by atoms with Gasteiger partial charge in [-0.2, -0.15) is 0 Å². The largest absolute Gasteiger partial charge is 0.550 e. The van der Waals surface area contributed by atoms with Gasteiger partial charge in [-0.15, -0.1) is 0 Å². The van der Waals surface area contributed by atoms with Gasteiger partial charge < -0.3 is 29.6 Å². The summed E-state index contributed by atoms with van der Waals surface area (Å²) in [6.07, 6.45) is 1.13. The summed E-state index contributed by atoms with van der Waals surface area (Å²) in [5.41, 5.74) is 0.665. The van der Waals surface area contributed by atoms with E-state index in [0.717, 1.165) is 4.90 Å². The number of hydrogen-bond acceptors (Lipinski definition) is 5. The fourth-order valence-electron chi connectivity index (χ4n) is 2.85. The minimum atomic E-state index is -0.983. The third kappa shape index (κ3) is 3.30. The van der Waals surface area contributed by atoms with Gasteiger partial charge in [-0.25, -0.2) is 0 Å². The number of nitrogens with one attached hydrogen (secondary N) is 2. The van der Waals surface area contributed by atoms with Crippen LogP contribution in [-0.2, 0) is 9.59 Å². The molecule has 1 fully saturated rings. The number of aliphatic carboxylic acids is 1. The van der Waals surface area contributed by atoms with E-state index in [9.17, 15) is 14.7 Å². The van der Waals surface area contributed by atoms with E-state index in [2.05, 4.69) is 5.32 Å². The Morgan fingerprint density at radius 2 is 1.95 bits per heavy atom. The molecule has 0 aromatic heterocycles. The number of anilines is 1. The number of carbonyl (C=O) groups excluding carboxylic acids is 2. The summed E-state index contributed by atoms with van der Waals surface area (Å²) in [5, 5.41) is 13.6. The third-order valence-corrected chi connectivity index (χ3v) is 4.09. The van der Waals surface area contributed by atoms with Crippen molar-refractivity contribution >= 4 is 17.6 Å². The van der Waals surface area contributed by atoms with E-state index in [-0.39, 0.29) is 18.6 Å². The Balaban J connectivity index is 1.50. The Morgan fingerprint density at radius 1 is 1.23 bits per heavy atom. The molecule has 7 nitrogen and oxygen atoms in total. The zero-order valence-corrected chi connectivity index (χ0v) is 12.1. The number of carboxylic acid groups (broad SMARTS) is 1. The number of hydrogen-bond donors (Lipinski definition) is 2. The molecular formula is C15H18N2O5. The SMILES string of the molecule is O=C(C[NH+]1CCC(C(=O)[O-])CC1)Nc1ccc2c(c1)OCO2. The molecule has 1 saturated heterocycles. The van der Waals surface area contributed by atoms with Crippen LogP contribution in [0.4, 0.5) is 5.69 Å². The number of rotatable bonds is 4. The Kier molecular flexibility index (Phi) is 4.15. The van der Waals surface area contributed by atoms with Gasteiger partial charge in [0.1, 0.15) is 0 Å². The molecule has 0 unspecified atom stereocenters. The molecule has 2 N–H and O–H groups in total. The van der Waals surface area contributed by atoms with Crippen LogP contribution in [0.5, 0.6) is 11.5 Å². The summed E-state index contributed by atoms with van der Waals surface area (Å²) < 4.78 is 10.5. The van der Waals surface area contributed by atoms with Crippen molar-refractivity contribution in [3.8, 4) is 11.5 Å². The molecule has 22 heavy (non-hydrogen) atoms. The molecule has 0 aliphatic carbocycles. The number of piperidine rings is 1. The average Bonchev–Trinajstić information content (AvgIpc) is 2.95. The van der Waals surface area contributed by atoms with Crippen LogP contribution in [0, 0.1) is 5.92 Å². The van der Waals surface area contributed by atoms with Crippen molar-refractivity contribution in [1.29, 1.82) is 0 Å². The number of likely N-dealkylation sites (tertiary alicyclic amines) is 1. The van der Waals surface area contributed by atoms with Crippen molar-refractivity contribution in [3.05, 3.63) is 18.2 Å². The lowest BCUT2D eigenvalue weighted by molar-refractivity contribution is -0.897. The zero-order valence-electron chi connectivity index (χ0n) is 12.1. The maximum Gasteiger partial charge on any atom is 0.279 e. The van der Waals surface area contributed by atoms with Crippen LogP contribution in [-0.4, -0.2) is 38.3 Å². The molecule has 0 radical (unpaired) electrons. The van der Waals surface area contributed by atoms with Crippen molar-refractivity contribution in [2.24, 2.45) is 5.92 Å². The van der Waals surface area contributed by atoms with E-state index >= 15 is 0 Å². The average molecular weight is 306 g/mol. The molecule has 2 aliphatic heterocycles. The summed E-state index contributed by atoms with van der Waals surface area (Å²) in [7, 11) is 0. The maximum absolute atomic E-state index is 12.1. The van der Waals surface area contributed by atoms with Crippen LogP contribution in [0.2, 0.25) is 0 Å². The number of carbonyl (C=O) groups is 2. The molecule has 1 amide bonds. The fourth-order valence-corrected chi connectivity index (χ4v) is 2.85. The molecule has 2 aliphatic rings. The summed E-state index contributed by atoms with van der Waals surface area (Å²) >= 11 is 0. The lowest BCUT2D eigenvalue weighted by atomic mass is 9.97. The van der Waals surface area contributed by atoms with E-state index in [1.54, 1.807) is 18.2 Å². The maximum atomic E-state index is 12.1. The molecular weight excluding hydrogens is 288 g/mol. The summed E-state index contributed by atoms with van der Waals surface area (Å²) in [5.74, 6) is -0.154. The van der Waals surface area contributed by atoms with Crippen LogP contribution < -0.4 is 24.8 Å². The molecule has 1 aromatic carbocycles. The number of ether oxygens (including phenoxy) is 2. The highest BCUT2D eigenvalue weighted by Crippen LogP contribution is 2.34. The first kappa shape index (κ1) is 14.6. The quantitative estimate of drug-likeness (QED) is 0.699. The lowest BCUT2D eigenvalue weighted by Gasteiger charge is -2.29. The molecule has 2 heterocycles. The predicted molar refractivity (Wildman–Crippen MR) is 74.5 cm³/mol. The third-order valence-electron chi connectivity index (χ3n) is 4.09. The smallest absolute Gasteiger partial charge is 0.279 e. The van der Waals surface area contributed by atoms with Gasteiger partial charge in [0.25, 0.3) is 5.91 Å². The summed E-state index contributed by atoms with van der Waals surface area (Å²) in [6.45, 7) is 1.87. The van der Waals surface area contributed by atoms with Crippen LogP contribution in [0.1, 0.15) is 12.8 Å². The number of fused-ring (bicyclic) bond motifs is 1. The van der Waals surface area contributed by atoms with E-state index in [4.69, 9.17) is 9.47 Å². The van der Waals surface area contributed by atoms with Crippen LogP contribution >= 0.6 is 0 Å². The Hall–Kier alpha value is -2.28. The van der Waals surface area contributed by atoms with Crippen LogP contribution in [0.15, 0.2) is 18.2 Å². The molecule has 1 aromatic rings. The fraction of sp³-hybridized carbons (Fsp3) is 0.467. The van der Waals surface area contributed by atoms with Gasteiger partial charge in [0, 0.05) is 36.5 Å². The van der Waals surface area contributed by atoms with Crippen LogP contribution in [0.3, 0.4) is 0 Å². The number of benzene rings is 1. The normalized spacial score (nSPS) is 23.1. The first-order valence-electron chi connectivity index (χ1n) is 7.36. The second-order valence-corrected chi connectivity index (χ2v) is 5.64. The van der Waals surface area contributed by atoms with E-state index in [1.165, 1.54) is 0 Å². The molecule has 0 saturated carbocycles. The lowest BCUT2D eigenvalue weighted by Crippen LogP contribution is -3.14.